The topological polar surface area (TPSA) is 54.0 Å². The van der Waals surface area contributed by atoms with Crippen LogP contribution in [-0.2, 0) is 0 Å². The molecular formula is C14H13ClFN3O. The van der Waals surface area contributed by atoms with Gasteiger partial charge >= 0.3 is 0 Å². The van der Waals surface area contributed by atoms with Gasteiger partial charge in [-0.15, -0.1) is 0 Å². The van der Waals surface area contributed by atoms with Crippen molar-refractivity contribution < 1.29 is 9.18 Å². The molecule has 2 aromatic rings. The summed E-state index contributed by atoms with van der Waals surface area (Å²) in [7, 11) is 1.49. The Hall–Kier alpha value is -2.14. The van der Waals surface area contributed by atoms with Crippen molar-refractivity contribution in [3.8, 4) is 0 Å². The molecule has 2 N–H and O–H groups in total. The first-order valence-electron chi connectivity index (χ1n) is 5.92. The molecule has 0 aliphatic heterocycles. The second-order valence-corrected chi connectivity index (χ2v) is 4.58. The highest BCUT2D eigenvalue weighted by Crippen LogP contribution is 2.27. The Morgan fingerprint density at radius 3 is 2.85 bits per heavy atom. The van der Waals surface area contributed by atoms with Gasteiger partial charge in [-0.1, -0.05) is 17.7 Å². The van der Waals surface area contributed by atoms with Crippen molar-refractivity contribution in [3.05, 3.63) is 52.6 Å². The summed E-state index contributed by atoms with van der Waals surface area (Å²) in [5.74, 6) is -0.886. The number of nitrogens with one attached hydrogen (secondary N) is 2. The maximum Gasteiger partial charge on any atom is 0.253 e. The second-order valence-electron chi connectivity index (χ2n) is 4.19. The number of amides is 1. The third kappa shape index (κ3) is 2.88. The van der Waals surface area contributed by atoms with Gasteiger partial charge in [-0.2, -0.15) is 0 Å². The standard InChI is InChI=1S/C14H13ClFN3O/c1-8-7-18-12(15)6-11(8)19-13-9(14(20)17-2)4-3-5-10(13)16/h3-7H,1-2H3,(H,17,20)(H,18,19). The van der Waals surface area contributed by atoms with Gasteiger partial charge in [0.25, 0.3) is 5.91 Å². The molecule has 0 bridgehead atoms. The maximum absolute atomic E-state index is 14.0. The van der Waals surface area contributed by atoms with E-state index < -0.39 is 5.82 Å². The first kappa shape index (κ1) is 14.3. The van der Waals surface area contributed by atoms with Crippen LogP contribution in [0.25, 0.3) is 0 Å². The van der Waals surface area contributed by atoms with Crippen molar-refractivity contribution in [2.24, 2.45) is 0 Å². The number of hydrogen-bond donors (Lipinski definition) is 2. The molecule has 0 radical (unpaired) electrons. The van der Waals surface area contributed by atoms with Gasteiger partial charge in [0.05, 0.1) is 11.3 Å². The highest BCUT2D eigenvalue weighted by atomic mass is 35.5. The van der Waals surface area contributed by atoms with Gasteiger partial charge in [0, 0.05) is 18.9 Å². The molecule has 1 heterocycles. The molecule has 2 rings (SSSR count). The van der Waals surface area contributed by atoms with E-state index in [1.165, 1.54) is 19.2 Å². The third-order valence-corrected chi connectivity index (χ3v) is 3.02. The molecule has 0 aliphatic carbocycles. The van der Waals surface area contributed by atoms with Gasteiger partial charge < -0.3 is 10.6 Å². The summed E-state index contributed by atoms with van der Waals surface area (Å²) in [6.07, 6.45) is 1.57. The third-order valence-electron chi connectivity index (χ3n) is 2.81. The molecular weight excluding hydrogens is 281 g/mol. The van der Waals surface area contributed by atoms with Crippen LogP contribution < -0.4 is 10.6 Å². The van der Waals surface area contributed by atoms with E-state index in [9.17, 15) is 9.18 Å². The molecule has 0 saturated heterocycles. The number of aryl methyl sites for hydroxylation is 1. The van der Waals surface area contributed by atoms with Crippen molar-refractivity contribution in [2.75, 3.05) is 12.4 Å². The zero-order valence-electron chi connectivity index (χ0n) is 11.0. The second kappa shape index (κ2) is 5.88. The summed E-state index contributed by atoms with van der Waals surface area (Å²) in [6, 6.07) is 5.89. The van der Waals surface area contributed by atoms with Crippen LogP contribution in [0.3, 0.4) is 0 Å². The molecule has 1 amide bonds. The largest absolute Gasteiger partial charge is 0.355 e. The van der Waals surface area contributed by atoms with Crippen LogP contribution in [0.5, 0.6) is 0 Å². The maximum atomic E-state index is 14.0. The van der Waals surface area contributed by atoms with Crippen LogP contribution in [0.4, 0.5) is 15.8 Å². The van der Waals surface area contributed by atoms with Gasteiger partial charge in [-0.25, -0.2) is 9.37 Å². The van der Waals surface area contributed by atoms with Crippen LogP contribution in [0.1, 0.15) is 15.9 Å². The molecule has 1 aromatic carbocycles. The van der Waals surface area contributed by atoms with Crippen LogP contribution in [0.15, 0.2) is 30.5 Å². The first-order chi connectivity index (χ1) is 9.52. The van der Waals surface area contributed by atoms with E-state index >= 15 is 0 Å². The monoisotopic (exact) mass is 293 g/mol. The fraction of sp³-hybridized carbons (Fsp3) is 0.143. The molecule has 0 fully saturated rings. The highest BCUT2D eigenvalue weighted by Gasteiger charge is 2.15. The Kier molecular flexibility index (Phi) is 4.20. The summed E-state index contributed by atoms with van der Waals surface area (Å²) >= 11 is 5.83. The summed E-state index contributed by atoms with van der Waals surface area (Å²) in [5, 5.41) is 5.67. The van der Waals surface area contributed by atoms with Gasteiger partial charge in [0.1, 0.15) is 11.0 Å². The molecule has 6 heteroatoms. The van der Waals surface area contributed by atoms with E-state index in [1.54, 1.807) is 18.3 Å². The number of benzene rings is 1. The number of halogens is 2. The fourth-order valence-corrected chi connectivity index (χ4v) is 1.90. The van der Waals surface area contributed by atoms with Gasteiger partial charge in [0.15, 0.2) is 0 Å². The molecule has 0 atom stereocenters. The Bertz CT molecular complexity index is 661. The summed E-state index contributed by atoms with van der Waals surface area (Å²) < 4.78 is 14.0. The van der Waals surface area contributed by atoms with E-state index in [2.05, 4.69) is 15.6 Å². The van der Waals surface area contributed by atoms with E-state index in [1.807, 2.05) is 6.92 Å². The van der Waals surface area contributed by atoms with Crippen molar-refractivity contribution >= 4 is 28.9 Å². The SMILES string of the molecule is CNC(=O)c1cccc(F)c1Nc1cc(Cl)ncc1C. The average molecular weight is 294 g/mol. The number of nitrogens with zero attached hydrogens (tertiary/aromatic N) is 1. The zero-order chi connectivity index (χ0) is 14.7. The first-order valence-corrected chi connectivity index (χ1v) is 6.30. The average Bonchev–Trinajstić information content (AvgIpc) is 2.44. The predicted molar refractivity (Wildman–Crippen MR) is 77.1 cm³/mol. The molecule has 0 aliphatic rings. The Balaban J connectivity index is 2.47. The lowest BCUT2D eigenvalue weighted by molar-refractivity contribution is 0.0963. The van der Waals surface area contributed by atoms with Gasteiger partial charge in [-0.05, 0) is 30.7 Å². The van der Waals surface area contributed by atoms with Crippen molar-refractivity contribution in [2.45, 2.75) is 6.92 Å². The lowest BCUT2D eigenvalue weighted by atomic mass is 10.1. The van der Waals surface area contributed by atoms with Crippen LogP contribution in [0, 0.1) is 12.7 Å². The van der Waals surface area contributed by atoms with Gasteiger partial charge in [-0.3, -0.25) is 4.79 Å². The van der Waals surface area contributed by atoms with Gasteiger partial charge in [0.2, 0.25) is 0 Å². The van der Waals surface area contributed by atoms with Crippen LogP contribution in [-0.4, -0.2) is 17.9 Å². The summed E-state index contributed by atoms with van der Waals surface area (Å²) in [6.45, 7) is 1.81. The molecule has 0 spiro atoms. The van der Waals surface area contributed by atoms with E-state index in [-0.39, 0.29) is 22.3 Å². The number of carbonyl (C=O) groups excluding carboxylic acids is 1. The molecule has 104 valence electrons. The zero-order valence-corrected chi connectivity index (χ0v) is 11.8. The number of rotatable bonds is 3. The minimum Gasteiger partial charge on any atom is -0.355 e. The number of hydrogen-bond acceptors (Lipinski definition) is 3. The minimum absolute atomic E-state index is 0.109. The van der Waals surface area contributed by atoms with Crippen molar-refractivity contribution in [1.29, 1.82) is 0 Å². The smallest absolute Gasteiger partial charge is 0.253 e. The summed E-state index contributed by atoms with van der Waals surface area (Å²) in [4.78, 5) is 15.7. The quantitative estimate of drug-likeness (QED) is 0.854. The normalized spacial score (nSPS) is 10.2. The molecule has 1 aromatic heterocycles. The van der Waals surface area contributed by atoms with Crippen molar-refractivity contribution in [3.63, 3.8) is 0 Å². The Morgan fingerprint density at radius 1 is 1.40 bits per heavy atom. The fourth-order valence-electron chi connectivity index (χ4n) is 1.74. The number of pyridine rings is 1. The number of carbonyl (C=O) groups is 1. The molecule has 4 nitrogen and oxygen atoms in total. The van der Waals surface area contributed by atoms with E-state index in [0.29, 0.717) is 5.69 Å². The lowest BCUT2D eigenvalue weighted by Crippen LogP contribution is -2.19. The number of anilines is 2. The van der Waals surface area contributed by atoms with Crippen molar-refractivity contribution in [1.82, 2.24) is 10.3 Å². The Labute approximate surface area is 121 Å². The minimum atomic E-state index is -0.515. The van der Waals surface area contributed by atoms with E-state index in [4.69, 9.17) is 11.6 Å². The molecule has 0 saturated carbocycles. The molecule has 0 unspecified atom stereocenters. The molecule has 20 heavy (non-hydrogen) atoms. The number of para-hydroxylation sites is 1. The highest BCUT2D eigenvalue weighted by molar-refractivity contribution is 6.29. The van der Waals surface area contributed by atoms with Crippen LogP contribution >= 0.6 is 11.6 Å². The summed E-state index contributed by atoms with van der Waals surface area (Å²) in [5.41, 5.74) is 1.72. The lowest BCUT2D eigenvalue weighted by Gasteiger charge is -2.14. The van der Waals surface area contributed by atoms with E-state index in [0.717, 1.165) is 5.56 Å². The predicted octanol–water partition coefficient (Wildman–Crippen LogP) is 3.29. The van der Waals surface area contributed by atoms with Crippen LogP contribution in [0.2, 0.25) is 5.15 Å². The number of aromatic nitrogens is 1. The Morgan fingerprint density at radius 2 is 2.15 bits per heavy atom.